The molecule has 1 aliphatic rings. The maximum Gasteiger partial charge on any atom is 0.228 e. The van der Waals surface area contributed by atoms with Crippen LogP contribution in [0.15, 0.2) is 24.3 Å². The summed E-state index contributed by atoms with van der Waals surface area (Å²) in [6.07, 6.45) is 0.515. The number of amides is 1. The van der Waals surface area contributed by atoms with Gasteiger partial charge in [0.1, 0.15) is 5.75 Å². The number of nitrogens with zero attached hydrogens (tertiary/aromatic N) is 1. The van der Waals surface area contributed by atoms with Crippen molar-refractivity contribution in [2.45, 2.75) is 25.8 Å². The lowest BCUT2D eigenvalue weighted by Crippen LogP contribution is -2.47. The lowest BCUT2D eigenvalue weighted by molar-refractivity contribution is -0.118. The van der Waals surface area contributed by atoms with Gasteiger partial charge in [-0.25, -0.2) is 0 Å². The molecule has 0 aromatic heterocycles. The van der Waals surface area contributed by atoms with E-state index in [0.29, 0.717) is 13.0 Å². The summed E-state index contributed by atoms with van der Waals surface area (Å²) in [5, 5.41) is 3.39. The third-order valence-electron chi connectivity index (χ3n) is 3.17. The number of carbonyl (C=O) groups excluding carboxylic acids is 1. The maximum atomic E-state index is 12.2. The molecule has 98 valence electrons. The summed E-state index contributed by atoms with van der Waals surface area (Å²) in [6, 6.07) is 7.65. The normalized spacial score (nSPS) is 19.5. The van der Waals surface area contributed by atoms with E-state index in [1.807, 2.05) is 29.2 Å². The molecule has 1 saturated heterocycles. The zero-order valence-electron chi connectivity index (χ0n) is 11.2. The van der Waals surface area contributed by atoms with Crippen molar-refractivity contribution in [1.82, 2.24) is 5.32 Å². The number of ether oxygens (including phenoxy) is 1. The minimum absolute atomic E-state index is 0.0903. The number of anilines is 1. The van der Waals surface area contributed by atoms with Gasteiger partial charge in [0.25, 0.3) is 0 Å². The van der Waals surface area contributed by atoms with Crippen molar-refractivity contribution < 1.29 is 9.53 Å². The molecule has 1 amide bonds. The Morgan fingerprint density at radius 2 is 2.06 bits per heavy atom. The van der Waals surface area contributed by atoms with Gasteiger partial charge >= 0.3 is 0 Å². The molecular formula is C14H20N2O2. The van der Waals surface area contributed by atoms with Gasteiger partial charge in [0, 0.05) is 25.0 Å². The fourth-order valence-corrected chi connectivity index (χ4v) is 2.25. The summed E-state index contributed by atoms with van der Waals surface area (Å²) < 4.78 is 5.34. The maximum absolute atomic E-state index is 12.2. The molecule has 1 aromatic carbocycles. The number of rotatable bonds is 2. The molecule has 2 rings (SSSR count). The predicted molar refractivity (Wildman–Crippen MR) is 72.0 cm³/mol. The van der Waals surface area contributed by atoms with Crippen molar-refractivity contribution in [3.8, 4) is 5.75 Å². The van der Waals surface area contributed by atoms with Crippen LogP contribution in [0.25, 0.3) is 0 Å². The van der Waals surface area contributed by atoms with Crippen LogP contribution in [0.5, 0.6) is 5.75 Å². The average molecular weight is 248 g/mol. The molecule has 1 N–H and O–H groups in total. The zero-order chi connectivity index (χ0) is 13.2. The zero-order valence-corrected chi connectivity index (χ0v) is 11.2. The van der Waals surface area contributed by atoms with Gasteiger partial charge in [-0.2, -0.15) is 0 Å². The molecule has 1 fully saturated rings. The summed E-state index contributed by atoms with van der Waals surface area (Å²) in [5.74, 6) is 0.876. The van der Waals surface area contributed by atoms with E-state index in [0.717, 1.165) is 18.0 Å². The third-order valence-corrected chi connectivity index (χ3v) is 3.17. The Morgan fingerprint density at radius 3 is 2.78 bits per heavy atom. The molecule has 4 heteroatoms. The summed E-state index contributed by atoms with van der Waals surface area (Å²) in [5.41, 5.74) is 0.759. The summed E-state index contributed by atoms with van der Waals surface area (Å²) in [6.45, 7) is 5.58. The van der Waals surface area contributed by atoms with Crippen LogP contribution < -0.4 is 15.0 Å². The lowest BCUT2D eigenvalue weighted by atomic mass is 10.1. The molecule has 0 radical (unpaired) electrons. The molecule has 0 saturated carbocycles. The Bertz CT molecular complexity index is 443. The van der Waals surface area contributed by atoms with E-state index >= 15 is 0 Å². The molecule has 0 atom stereocenters. The summed E-state index contributed by atoms with van der Waals surface area (Å²) >= 11 is 0. The van der Waals surface area contributed by atoms with Gasteiger partial charge in [0.2, 0.25) is 5.91 Å². The van der Waals surface area contributed by atoms with Crippen LogP contribution in [0.3, 0.4) is 0 Å². The molecule has 1 aromatic rings. The van der Waals surface area contributed by atoms with Gasteiger partial charge in [0.05, 0.1) is 12.8 Å². The van der Waals surface area contributed by atoms with Crippen molar-refractivity contribution in [2.75, 3.05) is 25.1 Å². The number of para-hydroxylation sites is 2. The first-order valence-electron chi connectivity index (χ1n) is 6.22. The fourth-order valence-electron chi connectivity index (χ4n) is 2.25. The van der Waals surface area contributed by atoms with E-state index in [2.05, 4.69) is 19.2 Å². The summed E-state index contributed by atoms with van der Waals surface area (Å²) in [7, 11) is 1.63. The van der Waals surface area contributed by atoms with Gasteiger partial charge in [-0.1, -0.05) is 12.1 Å². The second kappa shape index (κ2) is 4.98. The number of hydrogen-bond acceptors (Lipinski definition) is 3. The molecular weight excluding hydrogens is 228 g/mol. The minimum Gasteiger partial charge on any atom is -0.495 e. The van der Waals surface area contributed by atoms with Crippen LogP contribution in [-0.2, 0) is 4.79 Å². The van der Waals surface area contributed by atoms with Gasteiger partial charge in [-0.15, -0.1) is 0 Å². The highest BCUT2D eigenvalue weighted by Crippen LogP contribution is 2.30. The fraction of sp³-hybridized carbons (Fsp3) is 0.500. The van der Waals surface area contributed by atoms with Gasteiger partial charge < -0.3 is 15.0 Å². The third kappa shape index (κ3) is 2.64. The quantitative estimate of drug-likeness (QED) is 0.867. The topological polar surface area (TPSA) is 41.6 Å². The van der Waals surface area contributed by atoms with Gasteiger partial charge in [0.15, 0.2) is 0 Å². The highest BCUT2D eigenvalue weighted by atomic mass is 16.5. The largest absolute Gasteiger partial charge is 0.495 e. The Labute approximate surface area is 108 Å². The van der Waals surface area contributed by atoms with Crippen molar-refractivity contribution >= 4 is 11.6 Å². The monoisotopic (exact) mass is 248 g/mol. The molecule has 0 bridgehead atoms. The van der Waals surface area contributed by atoms with Crippen LogP contribution in [0.4, 0.5) is 5.69 Å². The Kier molecular flexibility index (Phi) is 3.57. The van der Waals surface area contributed by atoms with Crippen LogP contribution in [-0.4, -0.2) is 31.6 Å². The first kappa shape index (κ1) is 12.9. The molecule has 0 unspecified atom stereocenters. The number of nitrogens with one attached hydrogen (secondary N) is 1. The Morgan fingerprint density at radius 1 is 1.33 bits per heavy atom. The first-order valence-corrected chi connectivity index (χ1v) is 6.22. The van der Waals surface area contributed by atoms with Crippen molar-refractivity contribution in [3.63, 3.8) is 0 Å². The highest BCUT2D eigenvalue weighted by Gasteiger charge is 2.30. The first-order chi connectivity index (χ1) is 8.53. The highest BCUT2D eigenvalue weighted by molar-refractivity contribution is 5.95. The number of hydrogen-bond donors (Lipinski definition) is 1. The predicted octanol–water partition coefficient (Wildman–Crippen LogP) is 1.80. The van der Waals surface area contributed by atoms with Crippen molar-refractivity contribution in [1.29, 1.82) is 0 Å². The van der Waals surface area contributed by atoms with Gasteiger partial charge in [-0.05, 0) is 26.0 Å². The molecule has 0 aliphatic carbocycles. The smallest absolute Gasteiger partial charge is 0.228 e. The SMILES string of the molecule is COc1ccccc1N1CC(C)(C)NCCC1=O. The van der Waals surface area contributed by atoms with Crippen molar-refractivity contribution in [2.24, 2.45) is 0 Å². The van der Waals surface area contributed by atoms with Gasteiger partial charge in [-0.3, -0.25) is 4.79 Å². The van der Waals surface area contributed by atoms with Crippen LogP contribution in [0.1, 0.15) is 20.3 Å². The van der Waals surface area contributed by atoms with E-state index in [1.165, 1.54) is 0 Å². The second-order valence-corrected chi connectivity index (χ2v) is 5.21. The Balaban J connectivity index is 2.36. The van der Waals surface area contributed by atoms with E-state index in [9.17, 15) is 4.79 Å². The van der Waals surface area contributed by atoms with Crippen LogP contribution >= 0.6 is 0 Å². The number of carbonyl (C=O) groups is 1. The van der Waals surface area contributed by atoms with E-state index in [4.69, 9.17) is 4.74 Å². The Hall–Kier alpha value is -1.55. The molecule has 0 spiro atoms. The molecule has 1 aliphatic heterocycles. The minimum atomic E-state index is -0.0903. The standard InChI is InChI=1S/C14H20N2O2/c1-14(2)10-16(13(17)8-9-15-14)11-6-4-5-7-12(11)18-3/h4-7,15H,8-10H2,1-3H3. The lowest BCUT2D eigenvalue weighted by Gasteiger charge is -2.30. The summed E-state index contributed by atoms with van der Waals surface area (Å²) in [4.78, 5) is 14.0. The molecule has 18 heavy (non-hydrogen) atoms. The molecule has 4 nitrogen and oxygen atoms in total. The second-order valence-electron chi connectivity index (χ2n) is 5.21. The van der Waals surface area contributed by atoms with E-state index in [-0.39, 0.29) is 11.4 Å². The number of benzene rings is 1. The number of methoxy groups -OCH3 is 1. The van der Waals surface area contributed by atoms with Crippen LogP contribution in [0.2, 0.25) is 0 Å². The van der Waals surface area contributed by atoms with E-state index < -0.39 is 0 Å². The van der Waals surface area contributed by atoms with Crippen molar-refractivity contribution in [3.05, 3.63) is 24.3 Å². The average Bonchev–Trinajstić information content (AvgIpc) is 2.48. The van der Waals surface area contributed by atoms with E-state index in [1.54, 1.807) is 7.11 Å². The van der Waals surface area contributed by atoms with Crippen LogP contribution in [0, 0.1) is 0 Å². The molecule has 1 heterocycles.